The third-order valence-electron chi connectivity index (χ3n) is 6.30. The highest BCUT2D eigenvalue weighted by Crippen LogP contribution is 2.33. The Morgan fingerprint density at radius 2 is 1.80 bits per heavy atom. The molecule has 3 heterocycles. The van der Waals surface area contributed by atoms with Crippen molar-refractivity contribution in [3.05, 3.63) is 53.2 Å². The number of ether oxygens (including phenoxy) is 1. The first-order chi connectivity index (χ1) is 14.6. The summed E-state index contributed by atoms with van der Waals surface area (Å²) in [7, 11) is 3.42. The Morgan fingerprint density at radius 3 is 2.50 bits per heavy atom. The van der Waals surface area contributed by atoms with Crippen LogP contribution in [0, 0.1) is 0 Å². The molecule has 1 aliphatic rings. The maximum Gasteiger partial charge on any atom is 0.329 e. The molecule has 0 saturated heterocycles. The highest BCUT2D eigenvalue weighted by atomic mass is 16.5. The Labute approximate surface area is 174 Å². The van der Waals surface area contributed by atoms with E-state index in [1.54, 1.807) is 24.1 Å². The summed E-state index contributed by atoms with van der Waals surface area (Å²) in [5.74, 6) is 0.580. The maximum atomic E-state index is 13.2. The summed E-state index contributed by atoms with van der Waals surface area (Å²) in [5.41, 5.74) is 10.8. The van der Waals surface area contributed by atoms with E-state index in [0.717, 1.165) is 58.7 Å². The molecule has 1 aromatic carbocycles. The van der Waals surface area contributed by atoms with Crippen LogP contribution in [0.1, 0.15) is 31.7 Å². The normalized spacial score (nSPS) is 19.4. The molecule has 7 nitrogen and oxygen atoms in total. The number of pyridine rings is 2. The lowest BCUT2D eigenvalue weighted by molar-refractivity contribution is 0.322. The van der Waals surface area contributed by atoms with Crippen molar-refractivity contribution in [3.8, 4) is 17.0 Å². The zero-order valence-corrected chi connectivity index (χ0v) is 17.2. The number of nitrogens with zero attached hydrogens (tertiary/aromatic N) is 4. The molecule has 2 N–H and O–H groups in total. The Hall–Kier alpha value is -3.19. The van der Waals surface area contributed by atoms with E-state index in [2.05, 4.69) is 16.0 Å². The van der Waals surface area contributed by atoms with E-state index in [9.17, 15) is 4.79 Å². The van der Waals surface area contributed by atoms with Crippen LogP contribution >= 0.6 is 0 Å². The molecule has 154 valence electrons. The van der Waals surface area contributed by atoms with Crippen molar-refractivity contribution >= 4 is 21.9 Å². The Kier molecular flexibility index (Phi) is 4.55. The zero-order valence-electron chi connectivity index (χ0n) is 17.2. The van der Waals surface area contributed by atoms with Crippen LogP contribution in [0.15, 0.2) is 47.5 Å². The molecular formula is C23H25N5O2. The first kappa shape index (κ1) is 18.8. The highest BCUT2D eigenvalue weighted by Gasteiger charge is 2.25. The van der Waals surface area contributed by atoms with Crippen molar-refractivity contribution in [1.29, 1.82) is 0 Å². The van der Waals surface area contributed by atoms with Crippen molar-refractivity contribution < 1.29 is 4.74 Å². The molecule has 30 heavy (non-hydrogen) atoms. The molecule has 1 fully saturated rings. The summed E-state index contributed by atoms with van der Waals surface area (Å²) in [5, 5.41) is 0.980. The SMILES string of the molecule is COc1ccc(-c2ccc3ncc4c(c3c2)n(C2CCC(N)CC2)c(=O)n4C)cn1. The molecule has 7 heteroatoms. The number of methoxy groups -OCH3 is 1. The number of nitrogens with two attached hydrogens (primary N) is 1. The van der Waals surface area contributed by atoms with E-state index in [-0.39, 0.29) is 17.8 Å². The van der Waals surface area contributed by atoms with Crippen LogP contribution in [0.2, 0.25) is 0 Å². The standard InChI is InChI=1S/C23H25N5O2/c1-27-20-13-25-19-9-3-14(15-4-10-21(30-2)26-12-15)11-18(19)22(20)28(23(27)29)17-7-5-16(24)6-8-17/h3-4,9-13,16-17H,5-8,24H2,1-2H3. The van der Waals surface area contributed by atoms with E-state index in [1.807, 2.05) is 35.9 Å². The number of aryl methyl sites for hydroxylation is 1. The first-order valence-electron chi connectivity index (χ1n) is 10.3. The highest BCUT2D eigenvalue weighted by molar-refractivity contribution is 6.04. The summed E-state index contributed by atoms with van der Waals surface area (Å²) < 4.78 is 8.85. The van der Waals surface area contributed by atoms with E-state index < -0.39 is 0 Å². The second-order valence-electron chi connectivity index (χ2n) is 8.09. The molecule has 0 spiro atoms. The van der Waals surface area contributed by atoms with Gasteiger partial charge in [0.15, 0.2) is 0 Å². The lowest BCUT2D eigenvalue weighted by atomic mass is 9.91. The number of hydrogen-bond donors (Lipinski definition) is 1. The van der Waals surface area contributed by atoms with Gasteiger partial charge in [0.25, 0.3) is 0 Å². The molecule has 4 aromatic rings. The second-order valence-corrected chi connectivity index (χ2v) is 8.09. The third-order valence-corrected chi connectivity index (χ3v) is 6.30. The van der Waals surface area contributed by atoms with E-state index in [4.69, 9.17) is 10.5 Å². The molecule has 0 unspecified atom stereocenters. The van der Waals surface area contributed by atoms with Crippen LogP contribution in [0.5, 0.6) is 5.88 Å². The fourth-order valence-corrected chi connectivity index (χ4v) is 4.58. The topological polar surface area (TPSA) is 88.0 Å². The van der Waals surface area contributed by atoms with E-state index in [0.29, 0.717) is 5.88 Å². The van der Waals surface area contributed by atoms with Crippen LogP contribution < -0.4 is 16.2 Å². The summed E-state index contributed by atoms with van der Waals surface area (Å²) in [6, 6.07) is 10.4. The van der Waals surface area contributed by atoms with Gasteiger partial charge in [0, 0.05) is 42.3 Å². The Bertz CT molecular complexity index is 1280. The van der Waals surface area contributed by atoms with Crippen LogP contribution in [0.3, 0.4) is 0 Å². The fourth-order valence-electron chi connectivity index (χ4n) is 4.58. The van der Waals surface area contributed by atoms with Crippen molar-refractivity contribution in [2.24, 2.45) is 12.8 Å². The average Bonchev–Trinajstić information content (AvgIpc) is 3.05. The number of fused-ring (bicyclic) bond motifs is 3. The van der Waals surface area contributed by atoms with Crippen LogP contribution in [0.25, 0.3) is 33.1 Å². The summed E-state index contributed by atoms with van der Waals surface area (Å²) >= 11 is 0. The first-order valence-corrected chi connectivity index (χ1v) is 10.3. The molecule has 0 atom stereocenters. The van der Waals surface area contributed by atoms with Crippen molar-refractivity contribution in [2.45, 2.75) is 37.8 Å². The average molecular weight is 403 g/mol. The van der Waals surface area contributed by atoms with Crippen LogP contribution in [-0.4, -0.2) is 32.3 Å². The van der Waals surface area contributed by atoms with Crippen molar-refractivity contribution in [1.82, 2.24) is 19.1 Å². The lowest BCUT2D eigenvalue weighted by Crippen LogP contribution is -2.32. The van der Waals surface area contributed by atoms with Gasteiger partial charge in [0.05, 0.1) is 29.9 Å². The van der Waals surface area contributed by atoms with Gasteiger partial charge in [-0.25, -0.2) is 9.78 Å². The fraction of sp³-hybridized carbons (Fsp3) is 0.348. The minimum atomic E-state index is 0.0105. The van der Waals surface area contributed by atoms with E-state index >= 15 is 0 Å². The molecule has 0 amide bonds. The van der Waals surface area contributed by atoms with Crippen molar-refractivity contribution in [3.63, 3.8) is 0 Å². The number of benzene rings is 1. The predicted octanol–water partition coefficient (Wildman–Crippen LogP) is 3.40. The smallest absolute Gasteiger partial charge is 0.329 e. The van der Waals surface area contributed by atoms with Gasteiger partial charge < -0.3 is 10.5 Å². The van der Waals surface area contributed by atoms with Crippen LogP contribution in [-0.2, 0) is 7.05 Å². The number of rotatable bonds is 3. The van der Waals surface area contributed by atoms with Gasteiger partial charge in [-0.05, 0) is 49.4 Å². The van der Waals surface area contributed by atoms with E-state index in [1.165, 1.54) is 0 Å². The van der Waals surface area contributed by atoms with Gasteiger partial charge in [0.1, 0.15) is 0 Å². The van der Waals surface area contributed by atoms with Gasteiger partial charge in [-0.2, -0.15) is 0 Å². The van der Waals surface area contributed by atoms with Gasteiger partial charge in [-0.3, -0.25) is 14.1 Å². The number of aromatic nitrogens is 4. The Morgan fingerprint density at radius 1 is 1.03 bits per heavy atom. The molecule has 1 aliphatic carbocycles. The zero-order chi connectivity index (χ0) is 20.8. The van der Waals surface area contributed by atoms with Gasteiger partial charge in [0.2, 0.25) is 5.88 Å². The molecule has 0 bridgehead atoms. The van der Waals surface area contributed by atoms with Gasteiger partial charge in [-0.15, -0.1) is 0 Å². The molecule has 5 rings (SSSR count). The number of hydrogen-bond acceptors (Lipinski definition) is 5. The lowest BCUT2D eigenvalue weighted by Gasteiger charge is -2.27. The monoisotopic (exact) mass is 403 g/mol. The van der Waals surface area contributed by atoms with Crippen molar-refractivity contribution in [2.75, 3.05) is 7.11 Å². The van der Waals surface area contributed by atoms with Crippen LogP contribution in [0.4, 0.5) is 0 Å². The molecule has 1 saturated carbocycles. The molecular weight excluding hydrogens is 378 g/mol. The minimum Gasteiger partial charge on any atom is -0.481 e. The molecule has 0 aliphatic heterocycles. The second kappa shape index (κ2) is 7.25. The number of imidazole rings is 1. The molecule has 3 aromatic heterocycles. The minimum absolute atomic E-state index is 0.0105. The largest absolute Gasteiger partial charge is 0.481 e. The van der Waals surface area contributed by atoms with Gasteiger partial charge >= 0.3 is 5.69 Å². The third kappa shape index (κ3) is 2.97. The summed E-state index contributed by atoms with van der Waals surface area (Å²) in [6.45, 7) is 0. The summed E-state index contributed by atoms with van der Waals surface area (Å²) in [4.78, 5) is 22.1. The quantitative estimate of drug-likeness (QED) is 0.566. The Balaban J connectivity index is 1.73. The maximum absolute atomic E-state index is 13.2. The predicted molar refractivity (Wildman–Crippen MR) is 118 cm³/mol. The molecule has 0 radical (unpaired) electrons. The van der Waals surface area contributed by atoms with Gasteiger partial charge in [-0.1, -0.05) is 6.07 Å². The summed E-state index contributed by atoms with van der Waals surface area (Å²) in [6.07, 6.45) is 7.34.